The first-order valence-electron chi connectivity index (χ1n) is 9.52. The van der Waals surface area contributed by atoms with Gasteiger partial charge in [0.1, 0.15) is 30.5 Å². The van der Waals surface area contributed by atoms with Crippen LogP contribution in [0.15, 0.2) is 66.9 Å². The lowest BCUT2D eigenvalue weighted by Crippen LogP contribution is -2.11. The molecule has 0 aliphatic rings. The third-order valence-electron chi connectivity index (χ3n) is 4.22. The van der Waals surface area contributed by atoms with Gasteiger partial charge in [-0.1, -0.05) is 43.1 Å². The van der Waals surface area contributed by atoms with Crippen LogP contribution in [-0.4, -0.2) is 18.2 Å². The number of aromatic nitrogens is 1. The van der Waals surface area contributed by atoms with Gasteiger partial charge < -0.3 is 14.8 Å². The number of benzene rings is 2. The van der Waals surface area contributed by atoms with Crippen molar-refractivity contribution in [2.45, 2.75) is 26.3 Å². The van der Waals surface area contributed by atoms with Crippen LogP contribution in [0.3, 0.4) is 0 Å². The topological polar surface area (TPSA) is 43.4 Å². The SMILES string of the molecule is CCCc1ccc(OCCOc2ccc(Cl)cc2CNc2ccccn2)cc1. The van der Waals surface area contributed by atoms with E-state index in [1.54, 1.807) is 6.20 Å². The van der Waals surface area contributed by atoms with Crippen molar-refractivity contribution in [3.8, 4) is 11.5 Å². The highest BCUT2D eigenvalue weighted by molar-refractivity contribution is 6.30. The maximum absolute atomic E-state index is 6.15. The van der Waals surface area contributed by atoms with Gasteiger partial charge in [-0.2, -0.15) is 0 Å². The van der Waals surface area contributed by atoms with Gasteiger partial charge in [-0.15, -0.1) is 0 Å². The zero-order valence-electron chi connectivity index (χ0n) is 16.0. The lowest BCUT2D eigenvalue weighted by molar-refractivity contribution is 0.216. The monoisotopic (exact) mass is 396 g/mol. The molecular weight excluding hydrogens is 372 g/mol. The van der Waals surface area contributed by atoms with Crippen molar-refractivity contribution in [2.24, 2.45) is 0 Å². The van der Waals surface area contributed by atoms with E-state index < -0.39 is 0 Å². The summed E-state index contributed by atoms with van der Waals surface area (Å²) in [6, 6.07) is 19.6. The minimum Gasteiger partial charge on any atom is -0.490 e. The number of halogens is 1. The molecule has 0 saturated heterocycles. The smallest absolute Gasteiger partial charge is 0.126 e. The summed E-state index contributed by atoms with van der Waals surface area (Å²) in [6.07, 6.45) is 3.99. The van der Waals surface area contributed by atoms with E-state index in [1.165, 1.54) is 5.56 Å². The predicted octanol–water partition coefficient (Wildman–Crippen LogP) is 5.76. The number of nitrogens with zero attached hydrogens (tertiary/aromatic N) is 1. The highest BCUT2D eigenvalue weighted by Gasteiger charge is 2.06. The van der Waals surface area contributed by atoms with Crippen LogP contribution in [-0.2, 0) is 13.0 Å². The number of hydrogen-bond acceptors (Lipinski definition) is 4. The molecule has 5 heteroatoms. The van der Waals surface area contributed by atoms with Gasteiger partial charge in [0.05, 0.1) is 0 Å². The Hall–Kier alpha value is -2.72. The molecule has 28 heavy (non-hydrogen) atoms. The van der Waals surface area contributed by atoms with Gasteiger partial charge in [-0.3, -0.25) is 0 Å². The lowest BCUT2D eigenvalue weighted by atomic mass is 10.1. The molecule has 1 heterocycles. The van der Waals surface area contributed by atoms with E-state index >= 15 is 0 Å². The molecule has 0 fully saturated rings. The minimum absolute atomic E-state index is 0.453. The summed E-state index contributed by atoms with van der Waals surface area (Å²) in [7, 11) is 0. The van der Waals surface area contributed by atoms with Gasteiger partial charge in [-0.05, 0) is 54.4 Å². The molecule has 4 nitrogen and oxygen atoms in total. The van der Waals surface area contributed by atoms with Crippen LogP contribution in [0.4, 0.5) is 5.82 Å². The fraction of sp³-hybridized carbons (Fsp3) is 0.261. The second kappa shape index (κ2) is 10.6. The number of anilines is 1. The molecule has 0 unspecified atom stereocenters. The molecule has 3 rings (SSSR count). The summed E-state index contributed by atoms with van der Waals surface area (Å²) >= 11 is 6.15. The second-order valence-corrected chi connectivity index (χ2v) is 6.85. The molecule has 0 saturated carbocycles. The van der Waals surface area contributed by atoms with Gasteiger partial charge >= 0.3 is 0 Å². The van der Waals surface area contributed by atoms with E-state index in [1.807, 2.05) is 48.5 Å². The molecule has 3 aromatic rings. The Labute approximate surface area is 171 Å². The Balaban J connectivity index is 1.51. The number of nitrogens with one attached hydrogen (secondary N) is 1. The second-order valence-electron chi connectivity index (χ2n) is 6.41. The van der Waals surface area contributed by atoms with Crippen molar-refractivity contribution < 1.29 is 9.47 Å². The van der Waals surface area contributed by atoms with Crippen molar-refractivity contribution in [1.82, 2.24) is 4.98 Å². The van der Waals surface area contributed by atoms with Gasteiger partial charge in [0.15, 0.2) is 0 Å². The molecule has 1 N–H and O–H groups in total. The van der Waals surface area contributed by atoms with Crippen molar-refractivity contribution in [2.75, 3.05) is 18.5 Å². The van der Waals surface area contributed by atoms with Gasteiger partial charge in [0, 0.05) is 23.3 Å². The first kappa shape index (κ1) is 20.0. The van der Waals surface area contributed by atoms with E-state index in [-0.39, 0.29) is 0 Å². The molecule has 0 amide bonds. The zero-order valence-corrected chi connectivity index (χ0v) is 16.8. The maximum atomic E-state index is 6.15. The lowest BCUT2D eigenvalue weighted by Gasteiger charge is -2.14. The molecule has 0 atom stereocenters. The van der Waals surface area contributed by atoms with Crippen LogP contribution >= 0.6 is 11.6 Å². The maximum Gasteiger partial charge on any atom is 0.126 e. The normalized spacial score (nSPS) is 10.5. The molecule has 0 aliphatic heterocycles. The molecular formula is C23H25ClN2O2. The molecule has 2 aromatic carbocycles. The van der Waals surface area contributed by atoms with Crippen LogP contribution in [0.5, 0.6) is 11.5 Å². The summed E-state index contributed by atoms with van der Waals surface area (Å²) < 4.78 is 11.7. The summed E-state index contributed by atoms with van der Waals surface area (Å²) in [5, 5.41) is 3.95. The fourth-order valence-electron chi connectivity index (χ4n) is 2.83. The standard InChI is InChI=1S/C23H25ClN2O2/c1-2-5-18-7-10-21(11-8-18)27-14-15-28-22-12-9-20(24)16-19(22)17-26-23-6-3-4-13-25-23/h3-4,6-13,16H,2,5,14-15,17H2,1H3,(H,25,26). The Morgan fingerprint density at radius 3 is 2.54 bits per heavy atom. The molecule has 0 radical (unpaired) electrons. The van der Waals surface area contributed by atoms with Crippen molar-refractivity contribution >= 4 is 17.4 Å². The van der Waals surface area contributed by atoms with Crippen LogP contribution in [0, 0.1) is 0 Å². The zero-order chi connectivity index (χ0) is 19.6. The van der Waals surface area contributed by atoms with Crippen molar-refractivity contribution in [3.63, 3.8) is 0 Å². The van der Waals surface area contributed by atoms with Gasteiger partial charge in [0.25, 0.3) is 0 Å². The Kier molecular flexibility index (Phi) is 7.56. The van der Waals surface area contributed by atoms with E-state index in [4.69, 9.17) is 21.1 Å². The Morgan fingerprint density at radius 1 is 0.964 bits per heavy atom. The largest absolute Gasteiger partial charge is 0.490 e. The van der Waals surface area contributed by atoms with Crippen LogP contribution in [0.2, 0.25) is 5.02 Å². The number of aryl methyl sites for hydroxylation is 1. The Bertz CT molecular complexity index is 854. The summed E-state index contributed by atoms with van der Waals surface area (Å²) in [5.41, 5.74) is 2.30. The van der Waals surface area contributed by atoms with Crippen LogP contribution < -0.4 is 14.8 Å². The average Bonchev–Trinajstić information content (AvgIpc) is 2.73. The number of ether oxygens (including phenoxy) is 2. The fourth-order valence-corrected chi connectivity index (χ4v) is 3.03. The van der Waals surface area contributed by atoms with Crippen LogP contribution in [0.25, 0.3) is 0 Å². The molecule has 0 aliphatic carbocycles. The van der Waals surface area contributed by atoms with Gasteiger partial charge in [-0.25, -0.2) is 4.98 Å². The van der Waals surface area contributed by atoms with E-state index in [0.29, 0.717) is 24.8 Å². The Morgan fingerprint density at radius 2 is 1.79 bits per heavy atom. The third kappa shape index (κ3) is 6.17. The number of pyridine rings is 1. The molecule has 1 aromatic heterocycles. The average molecular weight is 397 g/mol. The first-order valence-corrected chi connectivity index (χ1v) is 9.90. The molecule has 146 valence electrons. The quantitative estimate of drug-likeness (QED) is 0.442. The van der Waals surface area contributed by atoms with Crippen LogP contribution in [0.1, 0.15) is 24.5 Å². The van der Waals surface area contributed by atoms with Crippen molar-refractivity contribution in [1.29, 1.82) is 0 Å². The number of hydrogen-bond donors (Lipinski definition) is 1. The summed E-state index contributed by atoms with van der Waals surface area (Å²) in [4.78, 5) is 4.27. The molecule has 0 bridgehead atoms. The highest BCUT2D eigenvalue weighted by atomic mass is 35.5. The summed E-state index contributed by atoms with van der Waals surface area (Å²) in [5.74, 6) is 2.45. The van der Waals surface area contributed by atoms with Gasteiger partial charge in [0.2, 0.25) is 0 Å². The predicted molar refractivity (Wildman–Crippen MR) is 114 cm³/mol. The highest BCUT2D eigenvalue weighted by Crippen LogP contribution is 2.24. The van der Waals surface area contributed by atoms with E-state index in [9.17, 15) is 0 Å². The summed E-state index contributed by atoms with van der Waals surface area (Å²) in [6.45, 7) is 3.68. The third-order valence-corrected chi connectivity index (χ3v) is 4.45. The minimum atomic E-state index is 0.453. The molecule has 0 spiro atoms. The van der Waals surface area contributed by atoms with Crippen molar-refractivity contribution in [3.05, 3.63) is 83.0 Å². The van der Waals surface area contributed by atoms with E-state index in [2.05, 4.69) is 29.4 Å². The first-order chi connectivity index (χ1) is 13.7. The number of rotatable bonds is 10. The van der Waals surface area contributed by atoms with E-state index in [0.717, 1.165) is 35.7 Å².